The molecule has 0 spiro atoms. The first-order chi connectivity index (χ1) is 13.7. The number of carbonyl (C=O) groups is 1. The van der Waals surface area contributed by atoms with E-state index < -0.39 is 0 Å². The van der Waals surface area contributed by atoms with Crippen molar-refractivity contribution < 1.29 is 9.53 Å². The molecule has 0 aromatic heterocycles. The summed E-state index contributed by atoms with van der Waals surface area (Å²) < 4.78 is 5.12. The van der Waals surface area contributed by atoms with Crippen LogP contribution in [0.3, 0.4) is 0 Å². The Morgan fingerprint density at radius 1 is 0.821 bits per heavy atom. The van der Waals surface area contributed by atoms with Gasteiger partial charge in [0.25, 0.3) is 0 Å². The van der Waals surface area contributed by atoms with Gasteiger partial charge in [0.05, 0.1) is 6.07 Å². The zero-order valence-electron chi connectivity index (χ0n) is 18.5. The number of rotatable bonds is 19. The summed E-state index contributed by atoms with van der Waals surface area (Å²) in [7, 11) is 0. The maximum Gasteiger partial charge on any atom is 0.306 e. The van der Waals surface area contributed by atoms with E-state index in [2.05, 4.69) is 19.1 Å². The van der Waals surface area contributed by atoms with Gasteiger partial charge < -0.3 is 4.74 Å². The normalized spacial score (nSPS) is 11.7. The van der Waals surface area contributed by atoms with Crippen LogP contribution in [-0.4, -0.2) is 12.6 Å². The van der Waals surface area contributed by atoms with Gasteiger partial charge in [-0.25, -0.2) is 0 Å². The maximum atomic E-state index is 11.6. The summed E-state index contributed by atoms with van der Waals surface area (Å²) in [5.41, 5.74) is 0.785. The molecule has 0 bridgehead atoms. The van der Waals surface area contributed by atoms with E-state index in [9.17, 15) is 4.79 Å². The molecule has 3 heteroatoms. The fraction of sp³-hybridized carbons (Fsp3) is 0.760. The number of carbonyl (C=O) groups excluding carboxylic acids is 1. The minimum Gasteiger partial charge on any atom is -0.461 e. The fourth-order valence-electron chi connectivity index (χ4n) is 3.11. The van der Waals surface area contributed by atoms with Crippen molar-refractivity contribution in [1.29, 1.82) is 5.26 Å². The van der Waals surface area contributed by atoms with E-state index in [0.29, 0.717) is 6.42 Å². The molecule has 3 nitrogen and oxygen atoms in total. The van der Waals surface area contributed by atoms with Gasteiger partial charge in [0, 0.05) is 12.5 Å². The van der Waals surface area contributed by atoms with E-state index in [0.717, 1.165) is 18.4 Å². The van der Waals surface area contributed by atoms with E-state index in [1.54, 1.807) is 6.92 Å². The summed E-state index contributed by atoms with van der Waals surface area (Å²) in [6.07, 6.45) is 25.8. The molecule has 0 aliphatic heterocycles. The van der Waals surface area contributed by atoms with E-state index >= 15 is 0 Å². The predicted molar refractivity (Wildman–Crippen MR) is 119 cm³/mol. The Bertz CT molecular complexity index is 460. The molecule has 0 amide bonds. The Morgan fingerprint density at radius 2 is 1.32 bits per heavy atom. The third kappa shape index (κ3) is 20.7. The third-order valence-corrected chi connectivity index (χ3v) is 4.91. The molecule has 0 saturated heterocycles. The molecule has 0 aromatic carbocycles. The van der Waals surface area contributed by atoms with Crippen molar-refractivity contribution in [3.63, 3.8) is 0 Å². The van der Waals surface area contributed by atoms with Crippen LogP contribution in [0.4, 0.5) is 0 Å². The average molecular weight is 390 g/mol. The Morgan fingerprint density at radius 3 is 1.86 bits per heavy atom. The zero-order chi connectivity index (χ0) is 20.7. The zero-order valence-corrected chi connectivity index (χ0v) is 18.5. The molecule has 0 unspecified atom stereocenters. The number of ether oxygens (including phenoxy) is 1. The lowest BCUT2D eigenvalue weighted by atomic mass is 10.1. The summed E-state index contributed by atoms with van der Waals surface area (Å²) in [5.74, 6) is -0.154. The molecule has 0 rings (SSSR count). The number of nitrogens with zero attached hydrogens (tertiary/aromatic N) is 1. The van der Waals surface area contributed by atoms with Crippen LogP contribution in [0.2, 0.25) is 0 Å². The molecule has 0 aliphatic rings. The molecule has 0 aliphatic carbocycles. The van der Waals surface area contributed by atoms with E-state index in [-0.39, 0.29) is 12.6 Å². The average Bonchev–Trinajstić information content (AvgIpc) is 2.69. The van der Waals surface area contributed by atoms with Crippen molar-refractivity contribution >= 4 is 5.97 Å². The number of unbranched alkanes of at least 4 members (excludes halogenated alkanes) is 13. The van der Waals surface area contributed by atoms with Gasteiger partial charge in [0.1, 0.15) is 6.61 Å². The van der Waals surface area contributed by atoms with E-state index in [1.165, 1.54) is 89.5 Å². The van der Waals surface area contributed by atoms with Gasteiger partial charge in [0.15, 0.2) is 0 Å². The fourth-order valence-corrected chi connectivity index (χ4v) is 3.11. The van der Waals surface area contributed by atoms with Gasteiger partial charge in [-0.2, -0.15) is 5.26 Å². The Hall–Kier alpha value is -1.56. The van der Waals surface area contributed by atoms with Crippen LogP contribution in [-0.2, 0) is 9.53 Å². The van der Waals surface area contributed by atoms with Crippen LogP contribution < -0.4 is 0 Å². The second-order valence-corrected chi connectivity index (χ2v) is 7.82. The first-order valence-corrected chi connectivity index (χ1v) is 11.6. The molecule has 0 saturated carbocycles. The highest BCUT2D eigenvalue weighted by atomic mass is 16.5. The summed E-state index contributed by atoms with van der Waals surface area (Å²) in [6.45, 7) is 4.30. The number of hydrogen-bond acceptors (Lipinski definition) is 3. The van der Waals surface area contributed by atoms with Gasteiger partial charge in [0.2, 0.25) is 0 Å². The Labute approximate surface area is 174 Å². The van der Waals surface area contributed by atoms with Crippen molar-refractivity contribution in [2.45, 2.75) is 117 Å². The van der Waals surface area contributed by atoms with E-state index in [1.807, 2.05) is 6.07 Å². The third-order valence-electron chi connectivity index (χ3n) is 4.91. The highest BCUT2D eigenvalue weighted by Crippen LogP contribution is 2.11. The van der Waals surface area contributed by atoms with Gasteiger partial charge in [-0.1, -0.05) is 83.3 Å². The second kappa shape index (κ2) is 21.7. The summed E-state index contributed by atoms with van der Waals surface area (Å²) in [4.78, 5) is 11.6. The van der Waals surface area contributed by atoms with Crippen molar-refractivity contribution in [3.05, 3.63) is 23.8 Å². The van der Waals surface area contributed by atoms with Gasteiger partial charge in [-0.15, -0.1) is 0 Å². The lowest BCUT2D eigenvalue weighted by Gasteiger charge is -2.04. The van der Waals surface area contributed by atoms with Gasteiger partial charge in [-0.3, -0.25) is 4.79 Å². The molecular formula is C25H43NO2. The smallest absolute Gasteiger partial charge is 0.306 e. The highest BCUT2D eigenvalue weighted by molar-refractivity contribution is 5.69. The van der Waals surface area contributed by atoms with Gasteiger partial charge >= 0.3 is 5.97 Å². The number of nitriles is 1. The van der Waals surface area contributed by atoms with Crippen LogP contribution in [0.25, 0.3) is 0 Å². The number of hydrogen-bond donors (Lipinski definition) is 0. The van der Waals surface area contributed by atoms with Gasteiger partial charge in [-0.05, 0) is 44.6 Å². The molecule has 0 atom stereocenters. The summed E-state index contributed by atoms with van der Waals surface area (Å²) in [5, 5.41) is 8.50. The van der Waals surface area contributed by atoms with Crippen LogP contribution in [0.1, 0.15) is 117 Å². The number of esters is 1. The standard InChI is InChI=1S/C25H43NO2/c1-3-4-5-6-7-8-9-10-11-12-13-14-15-16-17-18-19-20-25(27)28-23-24(2)21-22-26/h10-11,21H,3-9,12-20,23H2,1-2H3/b11-10-,24-21+. The molecule has 0 N–H and O–H groups in total. The predicted octanol–water partition coefficient (Wildman–Crippen LogP) is 7.82. The molecule has 28 heavy (non-hydrogen) atoms. The first kappa shape index (κ1) is 26.4. The molecule has 160 valence electrons. The largest absolute Gasteiger partial charge is 0.461 e. The number of allylic oxidation sites excluding steroid dienone is 3. The monoisotopic (exact) mass is 389 g/mol. The van der Waals surface area contributed by atoms with Crippen molar-refractivity contribution in [1.82, 2.24) is 0 Å². The highest BCUT2D eigenvalue weighted by Gasteiger charge is 2.02. The SMILES string of the molecule is CCCCCCCC/C=C\CCCCCCCCCC(=O)OC/C(C)=C/C#N. The van der Waals surface area contributed by atoms with Crippen LogP contribution in [0.5, 0.6) is 0 Å². The molecule has 0 fully saturated rings. The van der Waals surface area contributed by atoms with Crippen molar-refractivity contribution in [2.75, 3.05) is 6.61 Å². The molecule has 0 radical (unpaired) electrons. The maximum absolute atomic E-state index is 11.6. The van der Waals surface area contributed by atoms with Crippen molar-refractivity contribution in [3.8, 4) is 6.07 Å². The van der Waals surface area contributed by atoms with Crippen molar-refractivity contribution in [2.24, 2.45) is 0 Å². The second-order valence-electron chi connectivity index (χ2n) is 7.82. The molecule has 0 aromatic rings. The molecular weight excluding hydrogens is 346 g/mol. The topological polar surface area (TPSA) is 50.1 Å². The Balaban J connectivity index is 3.27. The van der Waals surface area contributed by atoms with Crippen LogP contribution in [0, 0.1) is 11.3 Å². The quantitative estimate of drug-likeness (QED) is 0.0979. The van der Waals surface area contributed by atoms with E-state index in [4.69, 9.17) is 10.00 Å². The minimum absolute atomic E-state index is 0.154. The summed E-state index contributed by atoms with van der Waals surface area (Å²) in [6, 6.07) is 1.94. The van der Waals surface area contributed by atoms with Crippen LogP contribution >= 0.6 is 0 Å². The minimum atomic E-state index is -0.154. The molecule has 0 heterocycles. The first-order valence-electron chi connectivity index (χ1n) is 11.6. The Kier molecular flexibility index (Phi) is 20.5. The van der Waals surface area contributed by atoms with Crippen LogP contribution in [0.15, 0.2) is 23.8 Å². The lowest BCUT2D eigenvalue weighted by molar-refractivity contribution is -0.142. The summed E-state index contributed by atoms with van der Waals surface area (Å²) >= 11 is 0. The lowest BCUT2D eigenvalue weighted by Crippen LogP contribution is -2.06.